The highest BCUT2D eigenvalue weighted by atomic mass is 32.2. The summed E-state index contributed by atoms with van der Waals surface area (Å²) in [7, 11) is -3.73. The van der Waals surface area contributed by atoms with Crippen molar-refractivity contribution >= 4 is 21.8 Å². The third-order valence-corrected chi connectivity index (χ3v) is 6.82. The minimum absolute atomic E-state index is 0.143. The molecule has 0 radical (unpaired) electrons. The lowest BCUT2D eigenvalue weighted by Crippen LogP contribution is -2.41. The minimum Gasteiger partial charge on any atom is -0.459 e. The van der Waals surface area contributed by atoms with Gasteiger partial charge in [0.2, 0.25) is 0 Å². The molecule has 1 aromatic heterocycles. The summed E-state index contributed by atoms with van der Waals surface area (Å²) in [6.45, 7) is 0.699. The lowest BCUT2D eigenvalue weighted by molar-refractivity contribution is -0.149. The Hall–Kier alpha value is -3.46. The Morgan fingerprint density at radius 3 is 2.68 bits per heavy atom. The molecule has 1 fully saturated rings. The number of ether oxygens (including phenoxy) is 1. The van der Waals surface area contributed by atoms with Gasteiger partial charge >= 0.3 is 5.97 Å². The SMILES string of the molecule is O=C(OCc1ccc(-n2cccn2)cc1)[C@@H]1CCCN1C1=NS(=O)(=O)c2ccccc21. The number of amidine groups is 1. The Bertz CT molecular complexity index is 1250. The summed E-state index contributed by atoms with van der Waals surface area (Å²) in [6, 6.07) is 15.6. The molecule has 3 heterocycles. The van der Waals surface area contributed by atoms with E-state index >= 15 is 0 Å². The Balaban J connectivity index is 1.29. The van der Waals surface area contributed by atoms with Gasteiger partial charge in [0.1, 0.15) is 17.5 Å². The molecule has 0 spiro atoms. The average Bonchev–Trinajstić information content (AvgIpc) is 3.52. The second-order valence-electron chi connectivity index (χ2n) is 7.46. The van der Waals surface area contributed by atoms with E-state index in [9.17, 15) is 13.2 Å². The van der Waals surface area contributed by atoms with E-state index in [2.05, 4.69) is 9.50 Å². The van der Waals surface area contributed by atoms with Crippen LogP contribution in [-0.2, 0) is 26.2 Å². The Morgan fingerprint density at radius 1 is 1.10 bits per heavy atom. The van der Waals surface area contributed by atoms with Gasteiger partial charge in [-0.25, -0.2) is 9.48 Å². The van der Waals surface area contributed by atoms with Gasteiger partial charge < -0.3 is 9.64 Å². The molecule has 158 valence electrons. The van der Waals surface area contributed by atoms with Gasteiger partial charge in [-0.1, -0.05) is 24.3 Å². The van der Waals surface area contributed by atoms with Crippen LogP contribution in [0.4, 0.5) is 0 Å². The zero-order valence-electron chi connectivity index (χ0n) is 16.6. The zero-order valence-corrected chi connectivity index (χ0v) is 17.4. The summed E-state index contributed by atoms with van der Waals surface area (Å²) in [5, 5.41) is 4.19. The quantitative estimate of drug-likeness (QED) is 0.584. The first kappa shape index (κ1) is 19.5. The molecular formula is C22H20N4O4S. The van der Waals surface area contributed by atoms with Gasteiger partial charge in [-0.05, 0) is 48.7 Å². The van der Waals surface area contributed by atoms with Crippen LogP contribution in [0.1, 0.15) is 24.0 Å². The first-order valence-electron chi connectivity index (χ1n) is 9.99. The van der Waals surface area contributed by atoms with Gasteiger partial charge in [-0.2, -0.15) is 13.5 Å². The van der Waals surface area contributed by atoms with E-state index in [1.54, 1.807) is 34.0 Å². The number of fused-ring (bicyclic) bond motifs is 1. The predicted octanol–water partition coefficient (Wildman–Crippen LogP) is 2.53. The monoisotopic (exact) mass is 436 g/mol. The van der Waals surface area contributed by atoms with Gasteiger partial charge in [0.15, 0.2) is 5.84 Å². The number of hydrogen-bond acceptors (Lipinski definition) is 6. The molecule has 2 aliphatic heterocycles. The molecule has 0 saturated carbocycles. The normalized spacial score (nSPS) is 19.2. The largest absolute Gasteiger partial charge is 0.459 e. The maximum Gasteiger partial charge on any atom is 0.329 e. The van der Waals surface area contributed by atoms with Crippen LogP contribution in [-0.4, -0.2) is 47.5 Å². The van der Waals surface area contributed by atoms with Crippen molar-refractivity contribution in [2.75, 3.05) is 6.54 Å². The number of esters is 1. The maximum atomic E-state index is 12.8. The lowest BCUT2D eigenvalue weighted by Gasteiger charge is -2.25. The first-order chi connectivity index (χ1) is 15.0. The van der Waals surface area contributed by atoms with Crippen molar-refractivity contribution in [1.29, 1.82) is 0 Å². The molecule has 0 amide bonds. The summed E-state index contributed by atoms with van der Waals surface area (Å²) in [6.07, 6.45) is 4.92. The first-order valence-corrected chi connectivity index (χ1v) is 11.4. The van der Waals surface area contributed by atoms with Gasteiger partial charge in [-0.3, -0.25) is 0 Å². The molecule has 2 aliphatic rings. The number of carbonyl (C=O) groups is 1. The molecule has 0 unspecified atom stereocenters. The number of nitrogens with zero attached hydrogens (tertiary/aromatic N) is 4. The third kappa shape index (κ3) is 3.61. The van der Waals surface area contributed by atoms with Gasteiger partial charge in [-0.15, -0.1) is 4.40 Å². The number of aromatic nitrogens is 2. The maximum absolute atomic E-state index is 12.8. The Morgan fingerprint density at radius 2 is 1.90 bits per heavy atom. The van der Waals surface area contributed by atoms with Crippen molar-refractivity contribution in [2.45, 2.75) is 30.4 Å². The molecule has 8 nitrogen and oxygen atoms in total. The fourth-order valence-corrected chi connectivity index (χ4v) is 5.20. The van der Waals surface area contributed by atoms with Gasteiger partial charge in [0.05, 0.1) is 5.69 Å². The van der Waals surface area contributed by atoms with Crippen LogP contribution in [0.15, 0.2) is 76.3 Å². The van der Waals surface area contributed by atoms with Gasteiger partial charge in [0.25, 0.3) is 10.0 Å². The second kappa shape index (κ2) is 7.66. The van der Waals surface area contributed by atoms with Crippen LogP contribution in [0.25, 0.3) is 5.69 Å². The topological polar surface area (TPSA) is 93.9 Å². The van der Waals surface area contributed by atoms with Crippen LogP contribution in [0.5, 0.6) is 0 Å². The van der Waals surface area contributed by atoms with Crippen molar-refractivity contribution < 1.29 is 17.9 Å². The van der Waals surface area contributed by atoms with E-state index in [0.29, 0.717) is 24.4 Å². The van der Waals surface area contributed by atoms with Crippen LogP contribution in [0.3, 0.4) is 0 Å². The van der Waals surface area contributed by atoms with Crippen LogP contribution in [0.2, 0.25) is 0 Å². The molecule has 3 aromatic rings. The number of carbonyl (C=O) groups excluding carboxylic acids is 1. The summed E-state index contributed by atoms with van der Waals surface area (Å²) >= 11 is 0. The predicted molar refractivity (Wildman–Crippen MR) is 113 cm³/mol. The number of rotatable bonds is 4. The molecule has 0 N–H and O–H groups in total. The second-order valence-corrected chi connectivity index (χ2v) is 9.03. The fourth-order valence-electron chi connectivity index (χ4n) is 3.98. The highest BCUT2D eigenvalue weighted by Gasteiger charge is 2.39. The number of hydrogen-bond donors (Lipinski definition) is 0. The minimum atomic E-state index is -3.73. The molecule has 2 aromatic carbocycles. The number of benzene rings is 2. The van der Waals surface area contributed by atoms with E-state index in [4.69, 9.17) is 4.74 Å². The van der Waals surface area contributed by atoms with Gasteiger partial charge in [0, 0.05) is 24.5 Å². The van der Waals surface area contributed by atoms with E-state index in [0.717, 1.165) is 17.7 Å². The third-order valence-electron chi connectivity index (χ3n) is 5.50. The standard InChI is InChI=1S/C22H20N4O4S/c27-22(30-15-16-8-10-17(11-9-16)26-14-4-12-23-26)19-6-3-13-25(19)21-18-5-1-2-7-20(18)31(28,29)24-21/h1-2,4-5,7-12,14,19H,3,6,13,15H2/t19-/m0/s1. The van der Waals surface area contributed by atoms with Crippen molar-refractivity contribution in [2.24, 2.45) is 4.40 Å². The molecule has 0 aliphatic carbocycles. The number of sulfonamides is 1. The molecule has 5 rings (SSSR count). The molecule has 9 heteroatoms. The highest BCUT2D eigenvalue weighted by molar-refractivity contribution is 7.90. The molecule has 1 atom stereocenters. The fraction of sp³-hybridized carbons (Fsp3) is 0.227. The van der Waals surface area contributed by atoms with Crippen LogP contribution < -0.4 is 0 Å². The zero-order chi connectivity index (χ0) is 21.4. The lowest BCUT2D eigenvalue weighted by atomic mass is 10.1. The van der Waals surface area contributed by atoms with E-state index in [1.165, 1.54) is 6.07 Å². The highest BCUT2D eigenvalue weighted by Crippen LogP contribution is 2.31. The summed E-state index contributed by atoms with van der Waals surface area (Å²) in [5.74, 6) is -0.0447. The molecular weight excluding hydrogens is 416 g/mol. The van der Waals surface area contributed by atoms with E-state index in [-0.39, 0.29) is 17.5 Å². The summed E-state index contributed by atoms with van der Waals surface area (Å²) in [5.41, 5.74) is 2.32. The van der Waals surface area contributed by atoms with Crippen molar-refractivity contribution in [3.8, 4) is 5.69 Å². The smallest absolute Gasteiger partial charge is 0.329 e. The Labute approximate surface area is 179 Å². The van der Waals surface area contributed by atoms with Crippen molar-refractivity contribution in [3.63, 3.8) is 0 Å². The average molecular weight is 436 g/mol. The van der Waals surface area contributed by atoms with Crippen LogP contribution in [0, 0.1) is 0 Å². The molecule has 31 heavy (non-hydrogen) atoms. The molecule has 1 saturated heterocycles. The van der Waals surface area contributed by atoms with E-state index in [1.807, 2.05) is 36.5 Å². The molecule has 0 bridgehead atoms. The summed E-state index contributed by atoms with van der Waals surface area (Å²) < 4.78 is 36.0. The van der Waals surface area contributed by atoms with Crippen LogP contribution >= 0.6 is 0 Å². The number of likely N-dealkylation sites (tertiary alicyclic amines) is 1. The van der Waals surface area contributed by atoms with Crippen molar-refractivity contribution in [1.82, 2.24) is 14.7 Å². The Kier molecular flexibility index (Phi) is 4.82. The van der Waals surface area contributed by atoms with E-state index < -0.39 is 16.1 Å². The summed E-state index contributed by atoms with van der Waals surface area (Å²) in [4.78, 5) is 14.8. The van der Waals surface area contributed by atoms with Crippen molar-refractivity contribution in [3.05, 3.63) is 78.1 Å².